The van der Waals surface area contributed by atoms with Crippen molar-refractivity contribution < 1.29 is 0 Å². The lowest BCUT2D eigenvalue weighted by Gasteiger charge is -2.32. The van der Waals surface area contributed by atoms with Crippen LogP contribution in [0.15, 0.2) is 121 Å². The van der Waals surface area contributed by atoms with E-state index in [2.05, 4.69) is 348 Å². The average molecular weight is 1530 g/mol. The lowest BCUT2D eigenvalue weighted by molar-refractivity contribution is 0.729. The summed E-state index contributed by atoms with van der Waals surface area (Å²) in [5.74, 6) is 0. The molecule has 0 aliphatic carbocycles. The van der Waals surface area contributed by atoms with Crippen molar-refractivity contribution in [2.75, 3.05) is 84.2 Å². The minimum absolute atomic E-state index is 0.174. The first-order valence-electron chi connectivity index (χ1n) is 40.0. The molecule has 590 valence electrons. The zero-order valence-corrected chi connectivity index (χ0v) is 73.6. The minimum Gasteiger partial charge on any atom is -0.351 e. The molecule has 0 saturated carbocycles. The Morgan fingerprint density at radius 2 is 0.426 bits per heavy atom. The minimum atomic E-state index is 0.174. The number of hydrogen-bond donors (Lipinski definition) is 0. The standard InChI is InChI=1S/C21H25N3.3C20H23N3.C19H21N3/c1-12-13(2)15(4)20(16(5)14(12)3)24-17(6)23(7)21-18(11-22)9-8-10-19(21)24;1-12-10-19(15(4)14(3)13(12)2)23-16(5)22(6)20-17(11-21)8-7-9-18(20)23;1-12-10-13(2)19(15(4)14(12)3)23-16(5)22(6)20-17(11-21)8-7-9-18(20)23;1-12-10-13(2)15(4)19(14(12)3)23-16(5)22(6)20-17(11-21)8-7-9-18(20)23;1-12-9-10-13(2)18(14(12)3)22-15(4)21(5)19-16(11-20)7-6-8-17(19)22/h8-10,17H,1-7H3;3*7-10,16H,1-6H3;6-10,15H,1-5H3/t17-;3*16-;15-/m00000/s1. The van der Waals surface area contributed by atoms with Gasteiger partial charge in [0.05, 0.1) is 84.7 Å². The van der Waals surface area contributed by atoms with Gasteiger partial charge in [0.1, 0.15) is 61.2 Å². The monoisotopic (exact) mass is 1530 g/mol. The van der Waals surface area contributed by atoms with Crippen molar-refractivity contribution in [3.63, 3.8) is 0 Å². The van der Waals surface area contributed by atoms with Gasteiger partial charge in [-0.05, 0) is 351 Å². The summed E-state index contributed by atoms with van der Waals surface area (Å²) in [5, 5.41) is 47.3. The van der Waals surface area contributed by atoms with Gasteiger partial charge >= 0.3 is 0 Å². The number of para-hydroxylation sites is 5. The Hall–Kier alpha value is -12.4. The highest BCUT2D eigenvalue weighted by Gasteiger charge is 2.41. The largest absolute Gasteiger partial charge is 0.351 e. The SMILES string of the molecule is Cc1c(C)c(C)c(N2c3cccc(C#N)c3N(C)[C@@H]2C)c(C)c1C.Cc1cc(C)c(C)c(N2c3cccc(C#N)c3N(C)[C@@H]2C)c1C.Cc1cc(C)c(N2c3cccc(C#N)c3N(C)[C@@H]2C)c(C)c1C.Cc1cc(N2c3cccc(C#N)c3N(C)[C@@H]2C)c(C)c(C)c1C.Cc1ccc(C)c(N2c3cccc(C#N)c3N(C)[C@@H]2C)c1C. The summed E-state index contributed by atoms with van der Waals surface area (Å²) in [4.78, 5) is 22.8. The van der Waals surface area contributed by atoms with Crippen LogP contribution in [-0.2, 0) is 0 Å². The Balaban J connectivity index is 0.000000142. The van der Waals surface area contributed by atoms with Crippen molar-refractivity contribution in [2.45, 2.75) is 204 Å². The third-order valence-corrected chi connectivity index (χ3v) is 26.6. The molecular weight excluding hydrogens is 1410 g/mol. The van der Waals surface area contributed by atoms with Crippen LogP contribution in [0.1, 0.15) is 174 Å². The molecule has 10 aromatic carbocycles. The van der Waals surface area contributed by atoms with Gasteiger partial charge in [-0.3, -0.25) is 0 Å². The topological polar surface area (TPSA) is 151 Å². The van der Waals surface area contributed by atoms with Crippen LogP contribution in [0.4, 0.5) is 85.3 Å². The maximum atomic E-state index is 9.50. The lowest BCUT2D eigenvalue weighted by atomic mass is 9.92. The predicted octanol–water partition coefficient (Wildman–Crippen LogP) is 23.6. The summed E-state index contributed by atoms with van der Waals surface area (Å²) in [7, 11) is 10.3. The average Bonchev–Trinajstić information content (AvgIpc) is 1.61. The van der Waals surface area contributed by atoms with Gasteiger partial charge in [-0.2, -0.15) is 26.3 Å². The van der Waals surface area contributed by atoms with Crippen LogP contribution < -0.4 is 49.0 Å². The second kappa shape index (κ2) is 32.6. The Kier molecular flexibility index (Phi) is 23.7. The summed E-state index contributed by atoms with van der Waals surface area (Å²) in [6.07, 6.45) is 0.897. The molecule has 5 atom stereocenters. The van der Waals surface area contributed by atoms with Gasteiger partial charge < -0.3 is 49.0 Å². The summed E-state index contributed by atoms with van der Waals surface area (Å²) in [5.41, 5.74) is 47.1. The fraction of sp³-hybridized carbons (Fsp3) is 0.350. The van der Waals surface area contributed by atoms with Crippen LogP contribution in [0.25, 0.3) is 0 Å². The molecular formula is C100H115N15. The first kappa shape index (κ1) is 83.6. The van der Waals surface area contributed by atoms with Crippen LogP contribution >= 0.6 is 0 Å². The Morgan fingerprint density at radius 1 is 0.200 bits per heavy atom. The second-order valence-electron chi connectivity index (χ2n) is 32.4. The highest BCUT2D eigenvalue weighted by Crippen LogP contribution is 2.54. The van der Waals surface area contributed by atoms with Crippen molar-refractivity contribution in [3.8, 4) is 30.3 Å². The third-order valence-electron chi connectivity index (χ3n) is 26.6. The molecule has 5 aliphatic rings. The quantitative estimate of drug-likeness (QED) is 0.161. The van der Waals surface area contributed by atoms with Gasteiger partial charge in [-0.25, -0.2) is 0 Å². The van der Waals surface area contributed by atoms with Crippen molar-refractivity contribution in [2.24, 2.45) is 0 Å². The van der Waals surface area contributed by atoms with Gasteiger partial charge in [0.2, 0.25) is 0 Å². The van der Waals surface area contributed by atoms with Gasteiger partial charge in [0.15, 0.2) is 0 Å². The number of benzene rings is 10. The molecule has 5 aliphatic heterocycles. The molecule has 0 aromatic heterocycles. The van der Waals surface area contributed by atoms with Crippen LogP contribution in [0.2, 0.25) is 0 Å². The van der Waals surface area contributed by atoms with Crippen molar-refractivity contribution in [1.82, 2.24) is 0 Å². The summed E-state index contributed by atoms with van der Waals surface area (Å²) in [6, 6.07) is 52.7. The zero-order chi connectivity index (χ0) is 84.4. The predicted molar refractivity (Wildman–Crippen MR) is 483 cm³/mol. The normalized spacial score (nSPS) is 16.5. The van der Waals surface area contributed by atoms with Crippen molar-refractivity contribution >= 4 is 85.3 Å². The number of aryl methyl sites for hydroxylation is 7. The van der Waals surface area contributed by atoms with Crippen LogP contribution in [-0.4, -0.2) is 66.1 Å². The van der Waals surface area contributed by atoms with E-state index in [0.29, 0.717) is 0 Å². The van der Waals surface area contributed by atoms with E-state index in [0.717, 1.165) is 84.7 Å². The van der Waals surface area contributed by atoms with E-state index in [4.69, 9.17) is 0 Å². The van der Waals surface area contributed by atoms with Gasteiger partial charge in [-0.1, -0.05) is 54.6 Å². The molecule has 15 heteroatoms. The number of anilines is 15. The second-order valence-corrected chi connectivity index (χ2v) is 32.4. The highest BCUT2D eigenvalue weighted by atomic mass is 15.4. The number of nitrogens with zero attached hydrogens (tertiary/aromatic N) is 15. The molecule has 0 N–H and O–H groups in total. The molecule has 0 amide bonds. The molecule has 0 bridgehead atoms. The number of hydrogen-bond acceptors (Lipinski definition) is 15. The van der Waals surface area contributed by atoms with Gasteiger partial charge in [-0.15, -0.1) is 0 Å². The van der Waals surface area contributed by atoms with E-state index < -0.39 is 0 Å². The molecule has 0 fully saturated rings. The molecule has 10 aromatic rings. The molecule has 0 radical (unpaired) electrons. The number of rotatable bonds is 5. The highest BCUT2D eigenvalue weighted by molar-refractivity contribution is 5.94. The fourth-order valence-electron chi connectivity index (χ4n) is 18.1. The van der Waals surface area contributed by atoms with Crippen LogP contribution in [0, 0.1) is 195 Å². The maximum Gasteiger partial charge on any atom is 0.103 e. The van der Waals surface area contributed by atoms with Crippen molar-refractivity contribution in [1.29, 1.82) is 26.3 Å². The number of fused-ring (bicyclic) bond motifs is 5. The van der Waals surface area contributed by atoms with Gasteiger partial charge in [0, 0.05) is 63.7 Å². The van der Waals surface area contributed by atoms with E-state index in [1.165, 1.54) is 140 Å². The van der Waals surface area contributed by atoms with Crippen LogP contribution in [0.3, 0.4) is 0 Å². The zero-order valence-electron chi connectivity index (χ0n) is 73.6. The molecule has 5 heterocycles. The molecule has 15 rings (SSSR count). The van der Waals surface area contributed by atoms with E-state index in [-0.39, 0.29) is 30.8 Å². The van der Waals surface area contributed by atoms with E-state index in [1.807, 2.05) is 60.7 Å². The molecule has 0 spiro atoms. The fourth-order valence-corrected chi connectivity index (χ4v) is 18.1. The van der Waals surface area contributed by atoms with Crippen LogP contribution in [0.5, 0.6) is 0 Å². The number of nitriles is 5. The van der Waals surface area contributed by atoms with Gasteiger partial charge in [0.25, 0.3) is 0 Å². The molecule has 0 unspecified atom stereocenters. The van der Waals surface area contributed by atoms with E-state index in [1.54, 1.807) is 0 Å². The summed E-state index contributed by atoms with van der Waals surface area (Å²) >= 11 is 0. The first-order valence-corrected chi connectivity index (χ1v) is 40.0. The van der Waals surface area contributed by atoms with E-state index >= 15 is 0 Å². The molecule has 115 heavy (non-hydrogen) atoms. The lowest BCUT2D eigenvalue weighted by Crippen LogP contribution is -2.36. The first-order chi connectivity index (χ1) is 54.4. The summed E-state index contributed by atoms with van der Waals surface area (Å²) in [6.45, 7) is 54.6. The Labute approximate surface area is 686 Å². The van der Waals surface area contributed by atoms with E-state index in [9.17, 15) is 26.3 Å². The summed E-state index contributed by atoms with van der Waals surface area (Å²) < 4.78 is 0. The third kappa shape index (κ3) is 14.0. The molecule has 0 saturated heterocycles. The Bertz CT molecular complexity index is 5730. The molecule has 15 nitrogen and oxygen atoms in total. The Morgan fingerprint density at radius 3 is 0.765 bits per heavy atom. The smallest absolute Gasteiger partial charge is 0.103 e. The maximum absolute atomic E-state index is 9.50. The van der Waals surface area contributed by atoms with Crippen molar-refractivity contribution in [3.05, 3.63) is 260 Å².